The summed E-state index contributed by atoms with van der Waals surface area (Å²) in [4.78, 5) is 23.1. The first-order valence-electron chi connectivity index (χ1n) is 7.29. The fraction of sp³-hybridized carbons (Fsp3) is 0.500. The van der Waals surface area contributed by atoms with E-state index in [-0.39, 0.29) is 24.3 Å². The van der Waals surface area contributed by atoms with Gasteiger partial charge < -0.3 is 15.2 Å². The zero-order valence-corrected chi connectivity index (χ0v) is 12.2. The summed E-state index contributed by atoms with van der Waals surface area (Å²) < 4.78 is 5.53. The number of nitrogens with one attached hydrogen (secondary N) is 1. The Morgan fingerprint density at radius 2 is 2.05 bits per heavy atom. The Morgan fingerprint density at radius 3 is 2.71 bits per heavy atom. The average Bonchev–Trinajstić information content (AvgIpc) is 2.94. The summed E-state index contributed by atoms with van der Waals surface area (Å²) in [6.07, 6.45) is 1.55. The maximum absolute atomic E-state index is 12.2. The van der Waals surface area contributed by atoms with Crippen LogP contribution in [0.1, 0.15) is 30.9 Å². The largest absolute Gasteiger partial charge is 0.481 e. The third kappa shape index (κ3) is 4.04. The van der Waals surface area contributed by atoms with Gasteiger partial charge >= 0.3 is 5.97 Å². The molecule has 1 saturated heterocycles. The Bertz CT molecular complexity index is 515. The van der Waals surface area contributed by atoms with Crippen LogP contribution in [0.15, 0.2) is 24.3 Å². The molecule has 0 aliphatic carbocycles. The van der Waals surface area contributed by atoms with Crippen LogP contribution >= 0.6 is 0 Å². The molecule has 2 N–H and O–H groups in total. The lowest BCUT2D eigenvalue weighted by Crippen LogP contribution is -2.34. The second-order valence-electron chi connectivity index (χ2n) is 5.27. The van der Waals surface area contributed by atoms with Crippen molar-refractivity contribution in [2.75, 3.05) is 6.61 Å². The van der Waals surface area contributed by atoms with Crippen molar-refractivity contribution in [1.29, 1.82) is 0 Å². The summed E-state index contributed by atoms with van der Waals surface area (Å²) in [5, 5.41) is 11.8. The second kappa shape index (κ2) is 7.22. The third-order valence-corrected chi connectivity index (χ3v) is 3.86. The molecule has 0 aromatic heterocycles. The number of carboxylic acids is 1. The molecule has 0 spiro atoms. The summed E-state index contributed by atoms with van der Waals surface area (Å²) in [7, 11) is 0. The first-order chi connectivity index (χ1) is 10.1. The summed E-state index contributed by atoms with van der Waals surface area (Å²) in [5.41, 5.74) is 1.58. The van der Waals surface area contributed by atoms with Gasteiger partial charge in [0.15, 0.2) is 0 Å². The van der Waals surface area contributed by atoms with Crippen molar-refractivity contribution in [2.45, 2.75) is 38.8 Å². The van der Waals surface area contributed by atoms with Crippen LogP contribution in [-0.4, -0.2) is 29.7 Å². The van der Waals surface area contributed by atoms with Crippen molar-refractivity contribution in [1.82, 2.24) is 5.32 Å². The highest BCUT2D eigenvalue weighted by molar-refractivity contribution is 5.79. The van der Waals surface area contributed by atoms with E-state index in [9.17, 15) is 9.59 Å². The molecular formula is C16H21NO4. The average molecular weight is 291 g/mol. The van der Waals surface area contributed by atoms with Gasteiger partial charge in [0, 0.05) is 13.2 Å². The van der Waals surface area contributed by atoms with E-state index in [0.717, 1.165) is 24.0 Å². The lowest BCUT2D eigenvalue weighted by Gasteiger charge is -2.17. The van der Waals surface area contributed by atoms with Crippen LogP contribution in [0.25, 0.3) is 0 Å². The molecule has 1 heterocycles. The molecule has 114 valence electrons. The second-order valence-corrected chi connectivity index (χ2v) is 5.27. The molecule has 1 aliphatic rings. The van der Waals surface area contributed by atoms with Gasteiger partial charge in [-0.3, -0.25) is 9.59 Å². The van der Waals surface area contributed by atoms with Gasteiger partial charge in [0.1, 0.15) is 0 Å². The van der Waals surface area contributed by atoms with E-state index in [0.29, 0.717) is 13.2 Å². The molecule has 1 aromatic carbocycles. The lowest BCUT2D eigenvalue weighted by atomic mass is 9.98. The number of rotatable bonds is 6. The normalized spacial score (nSPS) is 21.2. The highest BCUT2D eigenvalue weighted by atomic mass is 16.5. The molecule has 1 aromatic rings. The van der Waals surface area contributed by atoms with E-state index in [1.807, 2.05) is 25.1 Å². The van der Waals surface area contributed by atoms with E-state index in [1.54, 1.807) is 6.07 Å². The van der Waals surface area contributed by atoms with Crippen molar-refractivity contribution in [3.63, 3.8) is 0 Å². The number of carboxylic acid groups (broad SMARTS) is 1. The highest BCUT2D eigenvalue weighted by Crippen LogP contribution is 2.23. The Labute approximate surface area is 124 Å². The molecule has 21 heavy (non-hydrogen) atoms. The number of ether oxygens (including phenoxy) is 1. The van der Waals surface area contributed by atoms with Gasteiger partial charge in [-0.1, -0.05) is 31.2 Å². The first-order valence-corrected chi connectivity index (χ1v) is 7.29. The molecule has 2 rings (SSSR count). The zero-order chi connectivity index (χ0) is 15.2. The van der Waals surface area contributed by atoms with Gasteiger partial charge in [0.25, 0.3) is 0 Å². The Hall–Kier alpha value is -1.88. The van der Waals surface area contributed by atoms with Crippen molar-refractivity contribution >= 4 is 11.9 Å². The maximum atomic E-state index is 12.2. The predicted octanol–water partition coefficient (Wildman–Crippen LogP) is 1.74. The van der Waals surface area contributed by atoms with Gasteiger partial charge in [-0.25, -0.2) is 0 Å². The minimum Gasteiger partial charge on any atom is -0.481 e. The Balaban J connectivity index is 1.96. The standard InChI is InChI=1S/C16H21NO4/c1-2-14-13(7-8-21-14)16(20)17-10-12-6-4-3-5-11(12)9-15(18)19/h3-6,13-14H,2,7-10H2,1H3,(H,17,20)(H,18,19). The number of hydrogen-bond donors (Lipinski definition) is 2. The Kier molecular flexibility index (Phi) is 5.33. The van der Waals surface area contributed by atoms with E-state index < -0.39 is 5.97 Å². The van der Waals surface area contributed by atoms with E-state index in [1.165, 1.54) is 0 Å². The SMILES string of the molecule is CCC1OCCC1C(=O)NCc1ccccc1CC(=O)O. The maximum Gasteiger partial charge on any atom is 0.307 e. The zero-order valence-electron chi connectivity index (χ0n) is 12.2. The molecule has 5 nitrogen and oxygen atoms in total. The molecule has 2 atom stereocenters. The minimum absolute atomic E-state index is 0.000682. The predicted molar refractivity (Wildman–Crippen MR) is 77.8 cm³/mol. The van der Waals surface area contributed by atoms with Crippen LogP contribution in [-0.2, 0) is 27.3 Å². The summed E-state index contributed by atoms with van der Waals surface area (Å²) in [6, 6.07) is 7.28. The van der Waals surface area contributed by atoms with Crippen LogP contribution in [0, 0.1) is 5.92 Å². The van der Waals surface area contributed by atoms with Crippen LogP contribution in [0.3, 0.4) is 0 Å². The topological polar surface area (TPSA) is 75.6 Å². The fourth-order valence-electron chi connectivity index (χ4n) is 2.73. The molecule has 2 unspecified atom stereocenters. The number of carbonyl (C=O) groups excluding carboxylic acids is 1. The number of hydrogen-bond acceptors (Lipinski definition) is 3. The van der Waals surface area contributed by atoms with E-state index >= 15 is 0 Å². The van der Waals surface area contributed by atoms with Crippen molar-refractivity contribution in [3.8, 4) is 0 Å². The molecule has 5 heteroatoms. The Morgan fingerprint density at radius 1 is 1.33 bits per heavy atom. The highest BCUT2D eigenvalue weighted by Gasteiger charge is 2.32. The molecule has 0 bridgehead atoms. The van der Waals surface area contributed by atoms with Crippen molar-refractivity contribution < 1.29 is 19.4 Å². The smallest absolute Gasteiger partial charge is 0.307 e. The molecule has 0 saturated carbocycles. The van der Waals surface area contributed by atoms with Crippen LogP contribution in [0.5, 0.6) is 0 Å². The lowest BCUT2D eigenvalue weighted by molar-refractivity contribution is -0.136. The third-order valence-electron chi connectivity index (χ3n) is 3.86. The van der Waals surface area contributed by atoms with Crippen LogP contribution in [0.2, 0.25) is 0 Å². The quantitative estimate of drug-likeness (QED) is 0.837. The van der Waals surface area contributed by atoms with Crippen molar-refractivity contribution in [2.24, 2.45) is 5.92 Å². The molecule has 1 fully saturated rings. The first kappa shape index (κ1) is 15.5. The van der Waals surface area contributed by atoms with E-state index in [4.69, 9.17) is 9.84 Å². The number of aliphatic carboxylic acids is 1. The summed E-state index contributed by atoms with van der Waals surface area (Å²) in [5.74, 6) is -0.977. The van der Waals surface area contributed by atoms with Crippen molar-refractivity contribution in [3.05, 3.63) is 35.4 Å². The fourth-order valence-corrected chi connectivity index (χ4v) is 2.73. The van der Waals surface area contributed by atoms with Gasteiger partial charge in [-0.2, -0.15) is 0 Å². The number of amides is 1. The number of benzene rings is 1. The van der Waals surface area contributed by atoms with Gasteiger partial charge in [0.05, 0.1) is 18.4 Å². The minimum atomic E-state index is -0.871. The van der Waals surface area contributed by atoms with Crippen LogP contribution < -0.4 is 5.32 Å². The summed E-state index contributed by atoms with van der Waals surface area (Å²) >= 11 is 0. The van der Waals surface area contributed by atoms with Crippen LogP contribution in [0.4, 0.5) is 0 Å². The van der Waals surface area contributed by atoms with E-state index in [2.05, 4.69) is 5.32 Å². The molecular weight excluding hydrogens is 270 g/mol. The molecule has 1 aliphatic heterocycles. The number of carbonyl (C=O) groups is 2. The molecule has 1 amide bonds. The molecule has 0 radical (unpaired) electrons. The van der Waals surface area contributed by atoms with Gasteiger partial charge in [-0.15, -0.1) is 0 Å². The van der Waals surface area contributed by atoms with Gasteiger partial charge in [0.2, 0.25) is 5.91 Å². The summed E-state index contributed by atoms with van der Waals surface area (Å²) in [6.45, 7) is 3.00. The monoisotopic (exact) mass is 291 g/mol. The van der Waals surface area contributed by atoms with Gasteiger partial charge in [-0.05, 0) is 24.0 Å².